The van der Waals surface area contributed by atoms with E-state index in [2.05, 4.69) is 15.9 Å². The SMILES string of the molecule is O=C(Cc1cccc(Cl)c1)c1ccc(Br)o1. The van der Waals surface area contributed by atoms with Crippen LogP contribution in [0.4, 0.5) is 0 Å². The molecule has 0 aliphatic rings. The number of halogens is 2. The summed E-state index contributed by atoms with van der Waals surface area (Å²) in [6.45, 7) is 0. The Kier molecular flexibility index (Phi) is 3.46. The number of hydrogen-bond donors (Lipinski definition) is 0. The van der Waals surface area contributed by atoms with Crippen molar-refractivity contribution in [1.29, 1.82) is 0 Å². The molecule has 4 heteroatoms. The molecule has 0 aliphatic heterocycles. The fraction of sp³-hybridized carbons (Fsp3) is 0.0833. The lowest BCUT2D eigenvalue weighted by atomic mass is 10.1. The normalized spacial score (nSPS) is 10.4. The summed E-state index contributed by atoms with van der Waals surface area (Å²) in [6.07, 6.45) is 0.292. The van der Waals surface area contributed by atoms with Crippen molar-refractivity contribution in [3.8, 4) is 0 Å². The maximum Gasteiger partial charge on any atom is 0.202 e. The van der Waals surface area contributed by atoms with Gasteiger partial charge in [-0.15, -0.1) is 0 Å². The summed E-state index contributed by atoms with van der Waals surface area (Å²) >= 11 is 8.99. The second-order valence-electron chi connectivity index (χ2n) is 3.33. The lowest BCUT2D eigenvalue weighted by molar-refractivity contribution is 0.0965. The Morgan fingerprint density at radius 3 is 2.75 bits per heavy atom. The molecular weight excluding hydrogens is 291 g/mol. The quantitative estimate of drug-likeness (QED) is 0.798. The van der Waals surface area contributed by atoms with Crippen LogP contribution in [-0.2, 0) is 6.42 Å². The molecule has 0 atom stereocenters. The minimum atomic E-state index is -0.0621. The molecule has 2 aromatic rings. The molecule has 0 amide bonds. The van der Waals surface area contributed by atoms with Crippen LogP contribution in [0, 0.1) is 0 Å². The molecule has 2 rings (SSSR count). The average Bonchev–Trinajstić information content (AvgIpc) is 2.65. The van der Waals surface area contributed by atoms with Gasteiger partial charge < -0.3 is 4.42 Å². The van der Waals surface area contributed by atoms with E-state index in [-0.39, 0.29) is 5.78 Å². The van der Waals surface area contributed by atoms with Crippen LogP contribution in [0.3, 0.4) is 0 Å². The highest BCUT2D eigenvalue weighted by Crippen LogP contribution is 2.17. The van der Waals surface area contributed by atoms with E-state index < -0.39 is 0 Å². The lowest BCUT2D eigenvalue weighted by Crippen LogP contribution is -2.01. The largest absolute Gasteiger partial charge is 0.446 e. The lowest BCUT2D eigenvalue weighted by Gasteiger charge is -1.99. The smallest absolute Gasteiger partial charge is 0.202 e. The zero-order valence-electron chi connectivity index (χ0n) is 8.24. The van der Waals surface area contributed by atoms with Crippen molar-refractivity contribution in [1.82, 2.24) is 0 Å². The molecule has 82 valence electrons. The van der Waals surface area contributed by atoms with E-state index in [0.717, 1.165) is 5.56 Å². The first kappa shape index (κ1) is 11.4. The van der Waals surface area contributed by atoms with Gasteiger partial charge in [-0.2, -0.15) is 0 Å². The van der Waals surface area contributed by atoms with Gasteiger partial charge in [0.25, 0.3) is 0 Å². The second kappa shape index (κ2) is 4.85. The fourth-order valence-corrected chi connectivity index (χ4v) is 1.90. The van der Waals surface area contributed by atoms with Crippen LogP contribution in [0.2, 0.25) is 5.02 Å². The molecule has 0 unspecified atom stereocenters. The monoisotopic (exact) mass is 298 g/mol. The van der Waals surface area contributed by atoms with Crippen LogP contribution in [0.1, 0.15) is 16.1 Å². The molecule has 0 radical (unpaired) electrons. The molecule has 16 heavy (non-hydrogen) atoms. The van der Waals surface area contributed by atoms with Crippen molar-refractivity contribution in [2.24, 2.45) is 0 Å². The first-order valence-corrected chi connectivity index (χ1v) is 5.85. The molecule has 0 N–H and O–H groups in total. The zero-order chi connectivity index (χ0) is 11.5. The van der Waals surface area contributed by atoms with Crippen molar-refractivity contribution in [2.45, 2.75) is 6.42 Å². The topological polar surface area (TPSA) is 30.2 Å². The van der Waals surface area contributed by atoms with Gasteiger partial charge in [-0.3, -0.25) is 4.79 Å². The summed E-state index contributed by atoms with van der Waals surface area (Å²) in [5, 5.41) is 0.630. The first-order valence-electron chi connectivity index (χ1n) is 4.68. The third kappa shape index (κ3) is 2.74. The minimum absolute atomic E-state index is 0.0621. The minimum Gasteiger partial charge on any atom is -0.446 e. The Balaban J connectivity index is 2.13. The van der Waals surface area contributed by atoms with Crippen molar-refractivity contribution >= 4 is 33.3 Å². The maximum atomic E-state index is 11.8. The summed E-state index contributed by atoms with van der Waals surface area (Å²) in [5.74, 6) is 0.291. The van der Waals surface area contributed by atoms with Crippen molar-refractivity contribution in [2.75, 3.05) is 0 Å². The fourth-order valence-electron chi connectivity index (χ4n) is 1.38. The van der Waals surface area contributed by atoms with Gasteiger partial charge in [-0.25, -0.2) is 0 Å². The maximum absolute atomic E-state index is 11.8. The highest BCUT2D eigenvalue weighted by atomic mass is 79.9. The Hall–Kier alpha value is -1.06. The first-order chi connectivity index (χ1) is 7.65. The Bertz CT molecular complexity index is 519. The number of furan rings is 1. The van der Waals surface area contributed by atoms with E-state index in [4.69, 9.17) is 16.0 Å². The van der Waals surface area contributed by atoms with Crippen LogP contribution in [-0.4, -0.2) is 5.78 Å². The number of ketones is 1. The van der Waals surface area contributed by atoms with Gasteiger partial charge >= 0.3 is 0 Å². The zero-order valence-corrected chi connectivity index (χ0v) is 10.6. The van der Waals surface area contributed by atoms with Crippen LogP contribution in [0.25, 0.3) is 0 Å². The van der Waals surface area contributed by atoms with E-state index in [1.54, 1.807) is 24.3 Å². The Morgan fingerprint density at radius 2 is 2.12 bits per heavy atom. The molecule has 0 saturated heterocycles. The molecule has 1 aromatic carbocycles. The highest BCUT2D eigenvalue weighted by Gasteiger charge is 2.11. The summed E-state index contributed by atoms with van der Waals surface area (Å²) in [4.78, 5) is 11.8. The van der Waals surface area contributed by atoms with Gasteiger partial charge in [0.05, 0.1) is 0 Å². The van der Waals surface area contributed by atoms with Gasteiger partial charge in [0.1, 0.15) is 0 Å². The van der Waals surface area contributed by atoms with Crippen molar-refractivity contribution < 1.29 is 9.21 Å². The van der Waals surface area contributed by atoms with Gasteiger partial charge in [0, 0.05) is 11.4 Å². The third-order valence-electron chi connectivity index (χ3n) is 2.10. The number of hydrogen-bond acceptors (Lipinski definition) is 2. The van der Waals surface area contributed by atoms with Crippen LogP contribution < -0.4 is 0 Å². The van der Waals surface area contributed by atoms with Crippen LogP contribution >= 0.6 is 27.5 Å². The summed E-state index contributed by atoms with van der Waals surface area (Å²) < 4.78 is 5.74. The third-order valence-corrected chi connectivity index (χ3v) is 2.76. The second-order valence-corrected chi connectivity index (χ2v) is 4.55. The van der Waals surface area contributed by atoms with Crippen LogP contribution in [0.5, 0.6) is 0 Å². The van der Waals surface area contributed by atoms with E-state index >= 15 is 0 Å². The Labute approximate surface area is 106 Å². The van der Waals surface area contributed by atoms with E-state index in [9.17, 15) is 4.79 Å². The summed E-state index contributed by atoms with van der Waals surface area (Å²) in [5.41, 5.74) is 0.880. The standard InChI is InChI=1S/C12H8BrClO2/c13-12-5-4-11(16-12)10(15)7-8-2-1-3-9(14)6-8/h1-6H,7H2. The predicted molar refractivity (Wildman–Crippen MR) is 65.9 cm³/mol. The molecule has 1 aromatic heterocycles. The predicted octanol–water partition coefficient (Wildman–Crippen LogP) is 4.12. The molecule has 2 nitrogen and oxygen atoms in total. The molecule has 0 bridgehead atoms. The summed E-state index contributed by atoms with van der Waals surface area (Å²) in [6, 6.07) is 10.6. The number of carbonyl (C=O) groups is 1. The number of Topliss-reactive ketones (excluding diaryl/α,β-unsaturated/α-hetero) is 1. The molecule has 0 aliphatic carbocycles. The number of rotatable bonds is 3. The van der Waals surface area contributed by atoms with E-state index in [0.29, 0.717) is 21.9 Å². The Morgan fingerprint density at radius 1 is 1.31 bits per heavy atom. The molecule has 0 spiro atoms. The molecule has 1 heterocycles. The van der Waals surface area contributed by atoms with Crippen molar-refractivity contribution in [3.63, 3.8) is 0 Å². The molecule has 0 fully saturated rings. The van der Waals surface area contributed by atoms with Crippen LogP contribution in [0.15, 0.2) is 45.5 Å². The average molecular weight is 300 g/mol. The number of carbonyl (C=O) groups excluding carboxylic acids is 1. The van der Waals surface area contributed by atoms with Gasteiger partial charge in [-0.05, 0) is 45.8 Å². The van der Waals surface area contributed by atoms with E-state index in [1.165, 1.54) is 0 Å². The van der Waals surface area contributed by atoms with E-state index in [1.807, 2.05) is 12.1 Å². The molecular formula is C12H8BrClO2. The van der Waals surface area contributed by atoms with Crippen molar-refractivity contribution in [3.05, 3.63) is 57.4 Å². The molecule has 0 saturated carbocycles. The summed E-state index contributed by atoms with van der Waals surface area (Å²) in [7, 11) is 0. The van der Waals surface area contributed by atoms with Gasteiger partial charge in [0.2, 0.25) is 5.78 Å². The van der Waals surface area contributed by atoms with Gasteiger partial charge in [0.15, 0.2) is 10.4 Å². The highest BCUT2D eigenvalue weighted by molar-refractivity contribution is 9.10. The van der Waals surface area contributed by atoms with Gasteiger partial charge in [-0.1, -0.05) is 23.7 Å². The number of benzene rings is 1.